The molecule has 1 unspecified atom stereocenters. The van der Waals surface area contributed by atoms with Gasteiger partial charge in [-0.15, -0.1) is 0 Å². The molecular formula is C59H68Cl2FN7O14. The number of benzene rings is 4. The first-order valence-corrected chi connectivity index (χ1v) is 28.7. The zero-order valence-corrected chi connectivity index (χ0v) is 47.3. The lowest BCUT2D eigenvalue weighted by Gasteiger charge is -2.47. The smallest absolute Gasteiger partial charge is 0.264 e. The fourth-order valence-corrected chi connectivity index (χ4v) is 12.2. The monoisotopic (exact) mass is 1190 g/mol. The molecule has 444 valence electrons. The molecule has 9 rings (SSSR count). The summed E-state index contributed by atoms with van der Waals surface area (Å²) >= 11 is 12.8. The Labute approximate surface area is 489 Å². The van der Waals surface area contributed by atoms with Crippen LogP contribution in [0, 0.1) is 5.82 Å². The van der Waals surface area contributed by atoms with Crippen LogP contribution in [0.1, 0.15) is 93.1 Å². The summed E-state index contributed by atoms with van der Waals surface area (Å²) in [4.78, 5) is 93.3. The highest BCUT2D eigenvalue weighted by atomic mass is 35.5. The third-order valence-electron chi connectivity index (χ3n) is 15.5. The van der Waals surface area contributed by atoms with E-state index >= 15 is 4.39 Å². The summed E-state index contributed by atoms with van der Waals surface area (Å²) in [5.74, 6) is -5.02. The highest BCUT2D eigenvalue weighted by Crippen LogP contribution is 2.63. The Hall–Kier alpha value is -6.44. The normalized spacial score (nSPS) is 20.6. The number of halogens is 3. The number of nitrogens with one attached hydrogen (secondary N) is 6. The average molecular weight is 1190 g/mol. The van der Waals surface area contributed by atoms with Crippen LogP contribution in [0.2, 0.25) is 10.0 Å². The van der Waals surface area contributed by atoms with Crippen LogP contribution in [0.15, 0.2) is 78.9 Å². The van der Waals surface area contributed by atoms with E-state index in [0.717, 1.165) is 24.2 Å². The topological polar surface area (TPSA) is 260 Å². The van der Waals surface area contributed by atoms with Crippen molar-refractivity contribution in [1.82, 2.24) is 20.9 Å². The van der Waals surface area contributed by atoms with Gasteiger partial charge in [-0.2, -0.15) is 0 Å². The minimum Gasteiger partial charge on any atom is -0.382 e. The average Bonchev–Trinajstić information content (AvgIpc) is 2.01. The molecule has 4 aliphatic heterocycles. The van der Waals surface area contributed by atoms with Crippen molar-refractivity contribution in [3.63, 3.8) is 0 Å². The van der Waals surface area contributed by atoms with E-state index in [1.807, 2.05) is 6.07 Å². The zero-order valence-electron chi connectivity index (χ0n) is 45.8. The fraction of sp³-hybridized carbons (Fsp3) is 0.475. The van der Waals surface area contributed by atoms with E-state index in [1.165, 1.54) is 6.07 Å². The minimum atomic E-state index is -1.36. The second kappa shape index (κ2) is 28.9. The van der Waals surface area contributed by atoms with Crippen LogP contribution in [0.25, 0.3) is 0 Å². The van der Waals surface area contributed by atoms with Gasteiger partial charge in [-0.25, -0.2) is 4.39 Å². The molecule has 4 heterocycles. The number of fused-ring (bicyclic) bond motifs is 4. The SMILES string of the molecule is O=C1CCC(N2C(=O)c3cccc(NCCOCCOCCOCCOCCOCCOCCOCCNC(=O)c4ccc(NC(=O)[C@@H]5NC6(CCCCC6)[C@@]6(C(=O)Nc7cc(Cl)ccc76)[C@H]5c5cccc(Cl)c5F)cc4)c3C2=O)C(=O)N1. The predicted molar refractivity (Wildman–Crippen MR) is 303 cm³/mol. The van der Waals surface area contributed by atoms with Gasteiger partial charge in [-0.05, 0) is 85.0 Å². The summed E-state index contributed by atoms with van der Waals surface area (Å²) in [6.45, 7) is 5.66. The van der Waals surface area contributed by atoms with Crippen molar-refractivity contribution < 1.29 is 71.1 Å². The van der Waals surface area contributed by atoms with Crippen LogP contribution >= 0.6 is 23.2 Å². The second-order valence-corrected chi connectivity index (χ2v) is 21.4. The van der Waals surface area contributed by atoms with Crippen molar-refractivity contribution in [2.24, 2.45) is 0 Å². The maximum absolute atomic E-state index is 16.3. The summed E-state index contributed by atoms with van der Waals surface area (Å²) in [5, 5.41) is 18.1. The first kappa shape index (κ1) is 61.1. The minimum absolute atomic E-state index is 0.0488. The van der Waals surface area contributed by atoms with Gasteiger partial charge in [0, 0.05) is 58.6 Å². The van der Waals surface area contributed by atoms with E-state index in [-0.39, 0.29) is 59.5 Å². The van der Waals surface area contributed by atoms with Gasteiger partial charge in [-0.3, -0.25) is 49.1 Å². The van der Waals surface area contributed by atoms with Crippen molar-refractivity contribution in [1.29, 1.82) is 0 Å². The van der Waals surface area contributed by atoms with Gasteiger partial charge in [0.05, 0.1) is 115 Å². The van der Waals surface area contributed by atoms with Gasteiger partial charge in [-0.1, -0.05) is 66.7 Å². The van der Waals surface area contributed by atoms with Gasteiger partial charge in [0.2, 0.25) is 23.6 Å². The van der Waals surface area contributed by atoms with Gasteiger partial charge in [0.15, 0.2) is 0 Å². The summed E-state index contributed by atoms with van der Waals surface area (Å²) < 4.78 is 55.2. The summed E-state index contributed by atoms with van der Waals surface area (Å²) in [5.41, 5.74) is 0.735. The molecule has 6 N–H and O–H groups in total. The lowest BCUT2D eigenvalue weighted by atomic mass is 9.55. The third kappa shape index (κ3) is 13.9. The molecule has 24 heteroatoms. The van der Waals surface area contributed by atoms with Crippen LogP contribution in [-0.2, 0) is 57.8 Å². The molecule has 7 amide bonds. The highest BCUT2D eigenvalue weighted by Gasteiger charge is 2.72. The number of rotatable bonds is 30. The Bertz CT molecular complexity index is 3010. The third-order valence-corrected chi connectivity index (χ3v) is 16.0. The maximum atomic E-state index is 16.3. The molecule has 4 atom stereocenters. The van der Waals surface area contributed by atoms with Crippen molar-refractivity contribution in [3.05, 3.63) is 123 Å². The number of anilines is 3. The molecule has 21 nitrogen and oxygen atoms in total. The molecule has 2 saturated heterocycles. The van der Waals surface area contributed by atoms with Crippen LogP contribution in [-0.4, -0.2) is 169 Å². The van der Waals surface area contributed by atoms with Crippen LogP contribution < -0.4 is 31.9 Å². The quantitative estimate of drug-likeness (QED) is 0.0267. The van der Waals surface area contributed by atoms with Gasteiger partial charge in [0.1, 0.15) is 17.3 Å². The van der Waals surface area contributed by atoms with Crippen LogP contribution in [0.5, 0.6) is 0 Å². The van der Waals surface area contributed by atoms with E-state index in [1.54, 1.807) is 66.7 Å². The first-order valence-electron chi connectivity index (χ1n) is 28.0. The number of carbonyl (C=O) groups is 7. The van der Waals surface area contributed by atoms with E-state index in [4.69, 9.17) is 56.4 Å². The van der Waals surface area contributed by atoms with Crippen LogP contribution in [0.4, 0.5) is 21.5 Å². The molecular weight excluding hydrogens is 1120 g/mol. The second-order valence-electron chi connectivity index (χ2n) is 20.5. The molecule has 1 aliphatic carbocycles. The summed E-state index contributed by atoms with van der Waals surface area (Å²) in [7, 11) is 0. The molecule has 2 spiro atoms. The number of carbonyl (C=O) groups excluding carboxylic acids is 7. The van der Waals surface area contributed by atoms with Crippen molar-refractivity contribution in [3.8, 4) is 0 Å². The van der Waals surface area contributed by atoms with Gasteiger partial charge in [0.25, 0.3) is 17.7 Å². The van der Waals surface area contributed by atoms with Crippen molar-refractivity contribution in [2.75, 3.05) is 122 Å². The predicted octanol–water partition coefficient (Wildman–Crippen LogP) is 5.78. The number of hydrogen-bond donors (Lipinski definition) is 6. The van der Waals surface area contributed by atoms with Gasteiger partial charge < -0.3 is 54.4 Å². The number of hydrogen-bond acceptors (Lipinski definition) is 16. The van der Waals surface area contributed by atoms with Crippen molar-refractivity contribution in [2.45, 2.75) is 73.9 Å². The largest absolute Gasteiger partial charge is 0.382 e. The molecule has 3 fully saturated rings. The molecule has 4 aromatic rings. The molecule has 0 bridgehead atoms. The summed E-state index contributed by atoms with van der Waals surface area (Å²) in [6, 6.07) is 19.1. The Morgan fingerprint density at radius 1 is 0.675 bits per heavy atom. The fourth-order valence-electron chi connectivity index (χ4n) is 11.8. The van der Waals surface area contributed by atoms with Gasteiger partial charge >= 0.3 is 0 Å². The standard InChI is InChI=1S/C59H68Cl2FN7O14/c60-38-12-15-42-45(36-38)66-57(76)59(42)49(41-7-4-8-43(61)50(41)62)51(68-58(59)18-2-1-3-19-58)54(73)65-39-13-10-37(11-14-39)52(71)64-21-23-78-25-27-80-29-31-82-33-35-83-34-32-81-30-28-79-26-24-77-22-20-63-44-9-5-6-40-48(44)56(75)69(55(40)74)46-16-17-47(70)67-53(46)72/h4-15,36,46,49,51,63,68H,1-3,16-35H2,(H,64,71)(H,65,73)(H,66,76)(H,67,70,72)/t46?,49-,51+,59+/m0/s1. The van der Waals surface area contributed by atoms with E-state index in [2.05, 4.69) is 31.9 Å². The Balaban J connectivity index is 0.576. The highest BCUT2D eigenvalue weighted by molar-refractivity contribution is 6.31. The van der Waals surface area contributed by atoms with E-state index < -0.39 is 64.3 Å². The number of nitrogens with zero attached hydrogens (tertiary/aromatic N) is 1. The molecule has 0 aromatic heterocycles. The summed E-state index contributed by atoms with van der Waals surface area (Å²) in [6.07, 6.45) is 3.90. The number of ether oxygens (including phenoxy) is 7. The van der Waals surface area contributed by atoms with E-state index in [9.17, 15) is 33.6 Å². The number of piperidine rings is 1. The Morgan fingerprint density at radius 3 is 1.90 bits per heavy atom. The molecule has 4 aromatic carbocycles. The lowest BCUT2D eigenvalue weighted by molar-refractivity contribution is -0.136. The lowest BCUT2D eigenvalue weighted by Crippen LogP contribution is -2.60. The molecule has 1 saturated carbocycles. The zero-order chi connectivity index (χ0) is 58.3. The molecule has 0 radical (unpaired) electrons. The van der Waals surface area contributed by atoms with Crippen molar-refractivity contribution >= 4 is 81.6 Å². The molecule has 5 aliphatic rings. The van der Waals surface area contributed by atoms with Crippen LogP contribution in [0.3, 0.4) is 0 Å². The number of imide groups is 2. The first-order chi connectivity index (χ1) is 40.3. The maximum Gasteiger partial charge on any atom is 0.264 e. The Morgan fingerprint density at radius 2 is 1.28 bits per heavy atom. The van der Waals surface area contributed by atoms with E-state index in [0.29, 0.717) is 138 Å². The number of amides is 7. The molecule has 83 heavy (non-hydrogen) atoms. The Kier molecular flexibility index (Phi) is 21.3.